The number of furan rings is 1. The van der Waals surface area contributed by atoms with E-state index in [1.165, 1.54) is 11.3 Å². The maximum absolute atomic E-state index is 12.7. The second-order valence-corrected chi connectivity index (χ2v) is 5.62. The Morgan fingerprint density at radius 2 is 2.05 bits per heavy atom. The Labute approximate surface area is 126 Å². The van der Waals surface area contributed by atoms with Crippen LogP contribution in [0.1, 0.15) is 21.3 Å². The van der Waals surface area contributed by atoms with Gasteiger partial charge in [0, 0.05) is 11.1 Å². The van der Waals surface area contributed by atoms with Gasteiger partial charge >= 0.3 is 0 Å². The third-order valence-corrected chi connectivity index (χ3v) is 3.82. The fraction of sp³-hybridized carbons (Fsp3) is 0.125. The molecule has 2 aromatic heterocycles. The summed E-state index contributed by atoms with van der Waals surface area (Å²) in [5.74, 6) is 0.612. The first kappa shape index (κ1) is 13.6. The van der Waals surface area contributed by atoms with Crippen molar-refractivity contribution in [2.24, 2.45) is 0 Å². The quantitative estimate of drug-likeness (QED) is 0.734. The highest BCUT2D eigenvalue weighted by Gasteiger charge is 2.21. The van der Waals surface area contributed by atoms with E-state index in [2.05, 4.69) is 4.98 Å². The molecule has 0 saturated heterocycles. The lowest BCUT2D eigenvalue weighted by molar-refractivity contribution is 0.0979. The molecule has 0 aliphatic carbocycles. The molecule has 3 rings (SSSR count). The topological polar surface area (TPSA) is 46.3 Å². The van der Waals surface area contributed by atoms with Gasteiger partial charge in [-0.2, -0.15) is 0 Å². The van der Waals surface area contributed by atoms with E-state index in [1.54, 1.807) is 16.5 Å². The van der Waals surface area contributed by atoms with Crippen molar-refractivity contribution in [1.29, 1.82) is 0 Å². The second kappa shape index (κ2) is 5.93. The molecule has 1 amide bonds. The average Bonchev–Trinajstić information content (AvgIpc) is 3.16. The summed E-state index contributed by atoms with van der Waals surface area (Å²) >= 11 is 1.47. The first-order valence-electron chi connectivity index (χ1n) is 6.55. The minimum absolute atomic E-state index is 0.123. The summed E-state index contributed by atoms with van der Waals surface area (Å²) in [7, 11) is 0. The molecule has 0 radical (unpaired) electrons. The number of rotatable bonds is 4. The average molecular weight is 298 g/mol. The van der Waals surface area contributed by atoms with Crippen LogP contribution in [0.15, 0.2) is 58.5 Å². The summed E-state index contributed by atoms with van der Waals surface area (Å²) in [6, 6.07) is 13.2. The zero-order valence-electron chi connectivity index (χ0n) is 11.5. The van der Waals surface area contributed by atoms with E-state index in [-0.39, 0.29) is 5.91 Å². The Kier molecular flexibility index (Phi) is 3.83. The molecule has 0 aliphatic rings. The molecule has 2 heterocycles. The van der Waals surface area contributed by atoms with E-state index < -0.39 is 0 Å². The molecule has 5 heteroatoms. The van der Waals surface area contributed by atoms with Crippen molar-refractivity contribution in [3.05, 3.63) is 70.6 Å². The van der Waals surface area contributed by atoms with Gasteiger partial charge in [0.15, 0.2) is 0 Å². The van der Waals surface area contributed by atoms with Gasteiger partial charge in [-0.1, -0.05) is 18.2 Å². The number of para-hydroxylation sites is 1. The van der Waals surface area contributed by atoms with Gasteiger partial charge in [-0.15, -0.1) is 11.3 Å². The van der Waals surface area contributed by atoms with Gasteiger partial charge in [0.05, 0.1) is 17.8 Å². The zero-order chi connectivity index (χ0) is 14.7. The maximum atomic E-state index is 12.7. The van der Waals surface area contributed by atoms with Crippen molar-refractivity contribution in [1.82, 2.24) is 4.98 Å². The van der Waals surface area contributed by atoms with Crippen LogP contribution in [0.5, 0.6) is 0 Å². The summed E-state index contributed by atoms with van der Waals surface area (Å²) in [5.41, 5.74) is 1.29. The summed E-state index contributed by atoms with van der Waals surface area (Å²) < 4.78 is 5.37. The van der Waals surface area contributed by atoms with Crippen LogP contribution >= 0.6 is 11.3 Å². The third-order valence-electron chi connectivity index (χ3n) is 3.05. The van der Waals surface area contributed by atoms with Gasteiger partial charge < -0.3 is 4.42 Å². The minimum atomic E-state index is -0.123. The van der Waals surface area contributed by atoms with Gasteiger partial charge in [-0.3, -0.25) is 9.69 Å². The van der Waals surface area contributed by atoms with Crippen LogP contribution in [-0.2, 0) is 6.54 Å². The smallest absolute Gasteiger partial charge is 0.278 e. The normalized spacial score (nSPS) is 10.5. The van der Waals surface area contributed by atoms with Crippen LogP contribution < -0.4 is 4.90 Å². The van der Waals surface area contributed by atoms with Gasteiger partial charge in [-0.25, -0.2) is 4.98 Å². The lowest BCUT2D eigenvalue weighted by Gasteiger charge is -2.20. The van der Waals surface area contributed by atoms with Crippen molar-refractivity contribution < 1.29 is 9.21 Å². The van der Waals surface area contributed by atoms with E-state index in [1.807, 2.05) is 49.4 Å². The lowest BCUT2D eigenvalue weighted by atomic mass is 10.2. The van der Waals surface area contributed by atoms with E-state index in [0.29, 0.717) is 12.2 Å². The van der Waals surface area contributed by atoms with E-state index in [0.717, 1.165) is 16.5 Å². The molecule has 4 nitrogen and oxygen atoms in total. The Bertz CT molecular complexity index is 720. The number of hydrogen-bond acceptors (Lipinski definition) is 4. The van der Waals surface area contributed by atoms with Gasteiger partial charge in [-0.05, 0) is 31.2 Å². The molecule has 0 N–H and O–H groups in total. The predicted molar refractivity (Wildman–Crippen MR) is 82.5 cm³/mol. The Balaban J connectivity index is 1.94. The number of thiazole rings is 1. The fourth-order valence-corrected chi connectivity index (χ4v) is 2.63. The number of aromatic nitrogens is 1. The highest BCUT2D eigenvalue weighted by Crippen LogP contribution is 2.21. The number of amides is 1. The Hall–Kier alpha value is -2.40. The first-order chi connectivity index (χ1) is 10.2. The predicted octanol–water partition coefficient (Wildman–Crippen LogP) is 3.89. The highest BCUT2D eigenvalue weighted by molar-refractivity contribution is 7.09. The van der Waals surface area contributed by atoms with Crippen LogP contribution in [0.4, 0.5) is 5.69 Å². The molecule has 3 aromatic rings. The number of carbonyl (C=O) groups excluding carboxylic acids is 1. The first-order valence-corrected chi connectivity index (χ1v) is 7.43. The monoisotopic (exact) mass is 298 g/mol. The molecule has 0 atom stereocenters. The zero-order valence-corrected chi connectivity index (χ0v) is 12.3. The molecule has 0 unspecified atom stereocenters. The van der Waals surface area contributed by atoms with E-state index >= 15 is 0 Å². The second-order valence-electron chi connectivity index (χ2n) is 4.56. The molecule has 0 saturated carbocycles. The molecule has 0 aliphatic heterocycles. The van der Waals surface area contributed by atoms with Crippen molar-refractivity contribution in [3.8, 4) is 0 Å². The molecule has 0 bridgehead atoms. The van der Waals surface area contributed by atoms with Gasteiger partial charge in [0.1, 0.15) is 11.5 Å². The van der Waals surface area contributed by atoms with Crippen LogP contribution in [-0.4, -0.2) is 10.9 Å². The number of nitrogens with zero attached hydrogens (tertiary/aromatic N) is 2. The van der Waals surface area contributed by atoms with Crippen LogP contribution in [0.2, 0.25) is 0 Å². The summed E-state index contributed by atoms with van der Waals surface area (Å²) in [6.07, 6.45) is 1.61. The van der Waals surface area contributed by atoms with Crippen LogP contribution in [0, 0.1) is 6.92 Å². The third kappa shape index (κ3) is 3.03. The number of hydrogen-bond donors (Lipinski definition) is 0. The van der Waals surface area contributed by atoms with Gasteiger partial charge in [0.2, 0.25) is 0 Å². The summed E-state index contributed by atoms with van der Waals surface area (Å²) in [6.45, 7) is 2.27. The van der Waals surface area contributed by atoms with Gasteiger partial charge in [0.25, 0.3) is 5.91 Å². The van der Waals surface area contributed by atoms with Crippen molar-refractivity contribution >= 4 is 22.9 Å². The number of benzene rings is 1. The largest absolute Gasteiger partial charge is 0.467 e. The molecule has 21 heavy (non-hydrogen) atoms. The van der Waals surface area contributed by atoms with Crippen LogP contribution in [0.25, 0.3) is 0 Å². The number of carbonyl (C=O) groups is 1. The molecule has 106 valence electrons. The summed E-state index contributed by atoms with van der Waals surface area (Å²) in [4.78, 5) is 18.7. The Morgan fingerprint density at radius 1 is 1.24 bits per heavy atom. The molecular formula is C16H14N2O2S. The minimum Gasteiger partial charge on any atom is -0.467 e. The summed E-state index contributed by atoms with van der Waals surface area (Å²) in [5, 5.41) is 2.67. The molecule has 1 aromatic carbocycles. The highest BCUT2D eigenvalue weighted by atomic mass is 32.1. The fourth-order valence-electron chi connectivity index (χ4n) is 2.05. The van der Waals surface area contributed by atoms with Crippen molar-refractivity contribution in [2.45, 2.75) is 13.5 Å². The Morgan fingerprint density at radius 3 is 2.67 bits per heavy atom. The van der Waals surface area contributed by atoms with Crippen molar-refractivity contribution in [3.63, 3.8) is 0 Å². The molecule has 0 spiro atoms. The van der Waals surface area contributed by atoms with Crippen LogP contribution in [0.3, 0.4) is 0 Å². The van der Waals surface area contributed by atoms with Crippen molar-refractivity contribution in [2.75, 3.05) is 4.90 Å². The molecule has 0 fully saturated rings. The van der Waals surface area contributed by atoms with E-state index in [4.69, 9.17) is 4.42 Å². The van der Waals surface area contributed by atoms with E-state index in [9.17, 15) is 4.79 Å². The maximum Gasteiger partial charge on any atom is 0.278 e. The number of aryl methyl sites for hydroxylation is 1. The number of anilines is 1. The standard InChI is InChI=1S/C16H14N2O2S/c1-12-17-15(11-21-12)16(19)18(10-14-8-5-9-20-14)13-6-3-2-4-7-13/h2-9,11H,10H2,1H3. The SMILES string of the molecule is Cc1nc(C(=O)N(Cc2ccco2)c2ccccc2)cs1. The molecular weight excluding hydrogens is 284 g/mol. The lowest BCUT2D eigenvalue weighted by Crippen LogP contribution is -2.30.